The Morgan fingerprint density at radius 3 is 2.91 bits per heavy atom. The fourth-order valence-electron chi connectivity index (χ4n) is 3.21. The van der Waals surface area contributed by atoms with Gasteiger partial charge in [-0.3, -0.25) is 10.2 Å². The van der Waals surface area contributed by atoms with Crippen molar-refractivity contribution in [1.29, 1.82) is 0 Å². The van der Waals surface area contributed by atoms with E-state index in [1.165, 1.54) is 0 Å². The molecule has 4 atom stereocenters. The Kier molecular flexibility index (Phi) is 6.54. The van der Waals surface area contributed by atoms with Crippen molar-refractivity contribution in [3.63, 3.8) is 0 Å². The molecule has 2 aliphatic heterocycles. The molecule has 4 unspecified atom stereocenters. The molecule has 3 rings (SSSR count). The fourth-order valence-corrected chi connectivity index (χ4v) is 3.68. The van der Waals surface area contributed by atoms with E-state index < -0.39 is 0 Å². The van der Waals surface area contributed by atoms with Crippen LogP contribution >= 0.6 is 35.6 Å². The van der Waals surface area contributed by atoms with Gasteiger partial charge in [0, 0.05) is 18.5 Å². The number of piperidine rings is 1. The van der Waals surface area contributed by atoms with E-state index in [1.807, 2.05) is 19.1 Å². The van der Waals surface area contributed by atoms with Crippen LogP contribution in [0.15, 0.2) is 18.2 Å². The Labute approximate surface area is 152 Å². The third-order valence-electron chi connectivity index (χ3n) is 4.47. The van der Waals surface area contributed by atoms with Crippen LogP contribution in [0.2, 0.25) is 10.0 Å². The van der Waals surface area contributed by atoms with Gasteiger partial charge in [-0.25, -0.2) is 5.43 Å². The van der Waals surface area contributed by atoms with Gasteiger partial charge in [0.1, 0.15) is 6.04 Å². The molecule has 2 heterocycles. The first-order valence-corrected chi connectivity index (χ1v) is 8.29. The smallest absolute Gasteiger partial charge is 0.239 e. The third kappa shape index (κ3) is 3.92. The minimum atomic E-state index is -0.238. The van der Waals surface area contributed by atoms with Crippen LogP contribution in [-0.4, -0.2) is 31.1 Å². The van der Waals surface area contributed by atoms with Crippen molar-refractivity contribution in [3.8, 4) is 0 Å². The van der Waals surface area contributed by atoms with Gasteiger partial charge in [-0.05, 0) is 31.5 Å². The van der Waals surface area contributed by atoms with Crippen molar-refractivity contribution in [3.05, 3.63) is 33.8 Å². The van der Waals surface area contributed by atoms with Crippen LogP contribution in [0.25, 0.3) is 0 Å². The Bertz CT molecular complexity index is 572. The minimum absolute atomic E-state index is 0. The average Bonchev–Trinajstić information content (AvgIpc) is 2.94. The molecule has 0 saturated carbocycles. The predicted molar refractivity (Wildman–Crippen MR) is 95.1 cm³/mol. The lowest BCUT2D eigenvalue weighted by Crippen LogP contribution is -2.49. The molecule has 0 aliphatic carbocycles. The summed E-state index contributed by atoms with van der Waals surface area (Å²) >= 11 is 12.3. The van der Waals surface area contributed by atoms with E-state index in [4.69, 9.17) is 23.2 Å². The molecule has 0 aromatic heterocycles. The van der Waals surface area contributed by atoms with Crippen molar-refractivity contribution < 1.29 is 4.79 Å². The van der Waals surface area contributed by atoms with Gasteiger partial charge in [0.05, 0.1) is 16.1 Å². The molecule has 8 heteroatoms. The second-order valence-electron chi connectivity index (χ2n) is 5.90. The van der Waals surface area contributed by atoms with Crippen LogP contribution in [-0.2, 0) is 4.79 Å². The highest BCUT2D eigenvalue weighted by atomic mass is 35.5. The maximum atomic E-state index is 12.6. The van der Waals surface area contributed by atoms with E-state index in [-0.39, 0.29) is 36.3 Å². The molecule has 0 spiro atoms. The summed E-state index contributed by atoms with van der Waals surface area (Å²) in [5, 5.41) is 7.36. The molecule has 2 aliphatic rings. The van der Waals surface area contributed by atoms with E-state index in [1.54, 1.807) is 6.07 Å². The zero-order chi connectivity index (χ0) is 15.7. The second kappa shape index (κ2) is 8.01. The van der Waals surface area contributed by atoms with Crippen LogP contribution in [0.4, 0.5) is 0 Å². The summed E-state index contributed by atoms with van der Waals surface area (Å²) in [6.45, 7) is 3.74. The summed E-state index contributed by atoms with van der Waals surface area (Å²) in [6, 6.07) is 5.37. The number of hydrazine groups is 1. The maximum absolute atomic E-state index is 12.6. The molecular weight excluding hydrogens is 359 g/mol. The van der Waals surface area contributed by atoms with Gasteiger partial charge < -0.3 is 10.6 Å². The molecule has 2 saturated heterocycles. The first kappa shape index (κ1) is 18.8. The molecule has 1 amide bonds. The van der Waals surface area contributed by atoms with Gasteiger partial charge >= 0.3 is 0 Å². The minimum Gasteiger partial charge on any atom is -0.348 e. The van der Waals surface area contributed by atoms with Gasteiger partial charge in [0.2, 0.25) is 5.91 Å². The molecule has 23 heavy (non-hydrogen) atoms. The molecule has 2 fully saturated rings. The molecule has 1 aromatic carbocycles. The standard InChI is InChI=1S/C15H20Cl2N4O.ClH/c1-8(9-3-2-4-11(16)13(9)17)19-15(22)14-10-7-18-6-5-12(10)20-21-14;/h2-4,8,10,12,14,18,20-21H,5-7H2,1H3,(H,19,22);1H. The number of carbonyl (C=O) groups excluding carboxylic acids is 1. The van der Waals surface area contributed by atoms with Crippen molar-refractivity contribution in [2.45, 2.75) is 31.5 Å². The highest BCUT2D eigenvalue weighted by molar-refractivity contribution is 6.42. The zero-order valence-corrected chi connectivity index (χ0v) is 15.1. The Morgan fingerprint density at radius 1 is 1.35 bits per heavy atom. The van der Waals surface area contributed by atoms with E-state index in [0.717, 1.165) is 25.1 Å². The van der Waals surface area contributed by atoms with Crippen molar-refractivity contribution >= 4 is 41.5 Å². The van der Waals surface area contributed by atoms with Gasteiger partial charge in [-0.1, -0.05) is 35.3 Å². The third-order valence-corrected chi connectivity index (χ3v) is 5.30. The summed E-state index contributed by atoms with van der Waals surface area (Å²) in [5.41, 5.74) is 7.17. The first-order valence-electron chi connectivity index (χ1n) is 7.54. The van der Waals surface area contributed by atoms with Crippen molar-refractivity contribution in [2.75, 3.05) is 13.1 Å². The lowest BCUT2D eigenvalue weighted by Gasteiger charge is -2.28. The monoisotopic (exact) mass is 378 g/mol. The Hall–Kier alpha value is -0.560. The van der Waals surface area contributed by atoms with E-state index in [9.17, 15) is 4.79 Å². The summed E-state index contributed by atoms with van der Waals surface area (Å²) in [6.07, 6.45) is 1.02. The second-order valence-corrected chi connectivity index (χ2v) is 6.69. The van der Waals surface area contributed by atoms with Crippen LogP contribution in [0.1, 0.15) is 24.9 Å². The van der Waals surface area contributed by atoms with Crippen molar-refractivity contribution in [2.24, 2.45) is 5.92 Å². The van der Waals surface area contributed by atoms with Crippen LogP contribution in [0, 0.1) is 5.92 Å². The van der Waals surface area contributed by atoms with Crippen LogP contribution < -0.4 is 21.5 Å². The molecular formula is C15H21Cl3N4O. The molecule has 128 valence electrons. The number of fused-ring (bicyclic) bond motifs is 1. The lowest BCUT2D eigenvalue weighted by atomic mass is 9.89. The highest BCUT2D eigenvalue weighted by Crippen LogP contribution is 2.30. The number of nitrogens with one attached hydrogen (secondary N) is 4. The molecule has 4 N–H and O–H groups in total. The summed E-state index contributed by atoms with van der Waals surface area (Å²) < 4.78 is 0. The summed E-state index contributed by atoms with van der Waals surface area (Å²) in [5.74, 6) is 0.239. The summed E-state index contributed by atoms with van der Waals surface area (Å²) in [4.78, 5) is 12.6. The number of rotatable bonds is 3. The maximum Gasteiger partial charge on any atom is 0.239 e. The fraction of sp³-hybridized carbons (Fsp3) is 0.533. The van der Waals surface area contributed by atoms with Gasteiger partial charge in [-0.15, -0.1) is 12.4 Å². The molecule has 1 aromatic rings. The SMILES string of the molecule is CC(NC(=O)C1NNC2CCNCC21)c1cccc(Cl)c1Cl.Cl. The lowest BCUT2D eigenvalue weighted by molar-refractivity contribution is -0.124. The quantitative estimate of drug-likeness (QED) is 0.649. The summed E-state index contributed by atoms with van der Waals surface area (Å²) in [7, 11) is 0. The number of hydrogen-bond donors (Lipinski definition) is 4. The number of amides is 1. The predicted octanol–water partition coefficient (Wildman–Crippen LogP) is 2.05. The van der Waals surface area contributed by atoms with Gasteiger partial charge in [-0.2, -0.15) is 0 Å². The van der Waals surface area contributed by atoms with E-state index in [2.05, 4.69) is 21.5 Å². The van der Waals surface area contributed by atoms with E-state index in [0.29, 0.717) is 16.1 Å². The average molecular weight is 380 g/mol. The van der Waals surface area contributed by atoms with Crippen LogP contribution in [0.5, 0.6) is 0 Å². The largest absolute Gasteiger partial charge is 0.348 e. The number of carbonyl (C=O) groups is 1. The van der Waals surface area contributed by atoms with E-state index >= 15 is 0 Å². The number of halogens is 3. The molecule has 0 radical (unpaired) electrons. The molecule has 5 nitrogen and oxygen atoms in total. The Morgan fingerprint density at radius 2 is 2.13 bits per heavy atom. The van der Waals surface area contributed by atoms with Crippen molar-refractivity contribution in [1.82, 2.24) is 21.5 Å². The molecule has 0 bridgehead atoms. The zero-order valence-electron chi connectivity index (χ0n) is 12.7. The highest BCUT2D eigenvalue weighted by Gasteiger charge is 2.41. The number of hydrogen-bond acceptors (Lipinski definition) is 4. The Balaban J connectivity index is 0.00000192. The number of benzene rings is 1. The normalized spacial score (nSPS) is 27.7. The van der Waals surface area contributed by atoms with Gasteiger partial charge in [0.25, 0.3) is 0 Å². The topological polar surface area (TPSA) is 65.2 Å². The first-order chi connectivity index (χ1) is 10.6. The van der Waals surface area contributed by atoms with Gasteiger partial charge in [0.15, 0.2) is 0 Å². The van der Waals surface area contributed by atoms with Crippen LogP contribution in [0.3, 0.4) is 0 Å².